The van der Waals surface area contributed by atoms with Crippen molar-refractivity contribution >= 4 is 15.9 Å². The number of benzene rings is 1. The van der Waals surface area contributed by atoms with E-state index >= 15 is 0 Å². The molecular formula is C12H18BrFN2. The third-order valence-corrected chi connectivity index (χ3v) is 3.02. The molecule has 0 bridgehead atoms. The van der Waals surface area contributed by atoms with Crippen LogP contribution in [0, 0.1) is 5.82 Å². The van der Waals surface area contributed by atoms with Crippen molar-refractivity contribution < 1.29 is 4.39 Å². The largest absolute Gasteiger partial charge is 0.329 e. The van der Waals surface area contributed by atoms with Gasteiger partial charge in [0.25, 0.3) is 0 Å². The summed E-state index contributed by atoms with van der Waals surface area (Å²) in [5, 5.41) is 0. The van der Waals surface area contributed by atoms with Gasteiger partial charge >= 0.3 is 0 Å². The van der Waals surface area contributed by atoms with Crippen molar-refractivity contribution in [1.29, 1.82) is 0 Å². The van der Waals surface area contributed by atoms with Crippen LogP contribution in [0.4, 0.5) is 4.39 Å². The van der Waals surface area contributed by atoms with Crippen molar-refractivity contribution in [1.82, 2.24) is 4.90 Å². The number of nitrogens with zero attached hydrogens (tertiary/aromatic N) is 1. The van der Waals surface area contributed by atoms with Gasteiger partial charge in [0.05, 0.1) is 0 Å². The standard InChI is InChI=1S/C12H18BrFN2/c1-9(2)16(6-5-15)8-10-7-11(13)3-4-12(10)14/h3-4,7,9H,5-6,8,15H2,1-2H3. The molecule has 0 aliphatic rings. The van der Waals surface area contributed by atoms with Crippen molar-refractivity contribution in [3.8, 4) is 0 Å². The molecule has 16 heavy (non-hydrogen) atoms. The number of halogens is 2. The van der Waals surface area contributed by atoms with Gasteiger partial charge in [0.15, 0.2) is 0 Å². The summed E-state index contributed by atoms with van der Waals surface area (Å²) >= 11 is 3.35. The van der Waals surface area contributed by atoms with Gasteiger partial charge in [-0.2, -0.15) is 0 Å². The molecule has 1 aromatic rings. The molecule has 0 amide bonds. The van der Waals surface area contributed by atoms with Crippen LogP contribution in [0.1, 0.15) is 19.4 Å². The van der Waals surface area contributed by atoms with Crippen molar-refractivity contribution in [2.45, 2.75) is 26.4 Å². The molecule has 0 radical (unpaired) electrons. The van der Waals surface area contributed by atoms with Gasteiger partial charge in [0.1, 0.15) is 5.82 Å². The van der Waals surface area contributed by atoms with Crippen LogP contribution in [0.3, 0.4) is 0 Å². The topological polar surface area (TPSA) is 29.3 Å². The lowest BCUT2D eigenvalue weighted by atomic mass is 10.1. The number of rotatable bonds is 5. The molecule has 0 atom stereocenters. The molecule has 1 aromatic carbocycles. The molecule has 2 N–H and O–H groups in total. The Morgan fingerprint density at radius 1 is 1.44 bits per heavy atom. The quantitative estimate of drug-likeness (QED) is 0.903. The summed E-state index contributed by atoms with van der Waals surface area (Å²) in [4.78, 5) is 2.16. The number of hydrogen-bond donors (Lipinski definition) is 1. The van der Waals surface area contributed by atoms with Crippen molar-refractivity contribution in [3.05, 3.63) is 34.1 Å². The maximum Gasteiger partial charge on any atom is 0.127 e. The predicted octanol–water partition coefficient (Wildman–Crippen LogP) is 2.76. The van der Waals surface area contributed by atoms with Gasteiger partial charge in [0.2, 0.25) is 0 Å². The monoisotopic (exact) mass is 288 g/mol. The molecule has 0 aromatic heterocycles. The normalized spacial score (nSPS) is 11.4. The van der Waals surface area contributed by atoms with E-state index in [1.54, 1.807) is 6.07 Å². The SMILES string of the molecule is CC(C)N(CCN)Cc1cc(Br)ccc1F. The fraction of sp³-hybridized carbons (Fsp3) is 0.500. The van der Waals surface area contributed by atoms with E-state index in [4.69, 9.17) is 5.73 Å². The smallest absolute Gasteiger partial charge is 0.127 e. The van der Waals surface area contributed by atoms with Crippen LogP contribution in [-0.4, -0.2) is 24.0 Å². The average molecular weight is 289 g/mol. The second kappa shape index (κ2) is 6.33. The molecule has 0 saturated carbocycles. The van der Waals surface area contributed by atoms with Gasteiger partial charge in [-0.25, -0.2) is 4.39 Å². The molecule has 0 unspecified atom stereocenters. The van der Waals surface area contributed by atoms with Gasteiger partial charge in [-0.3, -0.25) is 4.90 Å². The zero-order valence-electron chi connectivity index (χ0n) is 9.71. The molecule has 0 spiro atoms. The molecule has 0 fully saturated rings. The summed E-state index contributed by atoms with van der Waals surface area (Å²) < 4.78 is 14.5. The lowest BCUT2D eigenvalue weighted by molar-refractivity contribution is 0.216. The van der Waals surface area contributed by atoms with Crippen LogP contribution in [-0.2, 0) is 6.54 Å². The molecule has 4 heteroatoms. The predicted molar refractivity (Wildman–Crippen MR) is 68.7 cm³/mol. The average Bonchev–Trinajstić information content (AvgIpc) is 2.22. The summed E-state index contributed by atoms with van der Waals surface area (Å²) in [6, 6.07) is 5.38. The van der Waals surface area contributed by atoms with Gasteiger partial charge < -0.3 is 5.73 Å². The minimum absolute atomic E-state index is 0.161. The van der Waals surface area contributed by atoms with E-state index in [9.17, 15) is 4.39 Å². The molecule has 0 heterocycles. The highest BCUT2D eigenvalue weighted by Crippen LogP contribution is 2.18. The Balaban J connectivity index is 2.80. The van der Waals surface area contributed by atoms with E-state index in [0.717, 1.165) is 11.0 Å². The second-order valence-electron chi connectivity index (χ2n) is 4.09. The Kier molecular flexibility index (Phi) is 5.38. The first-order chi connectivity index (χ1) is 7.54. The summed E-state index contributed by atoms with van der Waals surface area (Å²) in [5.41, 5.74) is 6.25. The Bertz CT molecular complexity index is 342. The van der Waals surface area contributed by atoms with Crippen LogP contribution in [0.25, 0.3) is 0 Å². The number of hydrogen-bond acceptors (Lipinski definition) is 2. The molecule has 0 saturated heterocycles. The van der Waals surface area contributed by atoms with E-state index < -0.39 is 0 Å². The zero-order valence-corrected chi connectivity index (χ0v) is 11.3. The molecule has 1 rings (SSSR count). The van der Waals surface area contributed by atoms with Crippen LogP contribution >= 0.6 is 15.9 Å². The van der Waals surface area contributed by atoms with Gasteiger partial charge in [0, 0.05) is 35.7 Å². The molecule has 2 nitrogen and oxygen atoms in total. The number of nitrogens with two attached hydrogens (primary N) is 1. The lowest BCUT2D eigenvalue weighted by Crippen LogP contribution is -2.35. The highest BCUT2D eigenvalue weighted by molar-refractivity contribution is 9.10. The van der Waals surface area contributed by atoms with E-state index in [0.29, 0.717) is 24.7 Å². The van der Waals surface area contributed by atoms with Crippen LogP contribution in [0.15, 0.2) is 22.7 Å². The highest BCUT2D eigenvalue weighted by atomic mass is 79.9. The van der Waals surface area contributed by atoms with E-state index in [1.807, 2.05) is 6.07 Å². The lowest BCUT2D eigenvalue weighted by Gasteiger charge is -2.26. The first kappa shape index (κ1) is 13.6. The third-order valence-electron chi connectivity index (χ3n) is 2.53. The summed E-state index contributed by atoms with van der Waals surface area (Å²) in [5.74, 6) is -0.161. The Morgan fingerprint density at radius 3 is 2.69 bits per heavy atom. The van der Waals surface area contributed by atoms with Crippen molar-refractivity contribution in [2.24, 2.45) is 5.73 Å². The first-order valence-corrected chi connectivity index (χ1v) is 6.22. The Labute approximate surface area is 105 Å². The van der Waals surface area contributed by atoms with Gasteiger partial charge in [-0.15, -0.1) is 0 Å². The van der Waals surface area contributed by atoms with Crippen molar-refractivity contribution in [2.75, 3.05) is 13.1 Å². The Morgan fingerprint density at radius 2 is 2.12 bits per heavy atom. The van der Waals surface area contributed by atoms with E-state index in [-0.39, 0.29) is 5.82 Å². The zero-order chi connectivity index (χ0) is 12.1. The molecular weight excluding hydrogens is 271 g/mol. The van der Waals surface area contributed by atoms with Gasteiger partial charge in [-0.1, -0.05) is 15.9 Å². The van der Waals surface area contributed by atoms with Crippen molar-refractivity contribution in [3.63, 3.8) is 0 Å². The molecule has 90 valence electrons. The summed E-state index contributed by atoms with van der Waals surface area (Å²) in [6.07, 6.45) is 0. The highest BCUT2D eigenvalue weighted by Gasteiger charge is 2.12. The van der Waals surface area contributed by atoms with Gasteiger partial charge in [-0.05, 0) is 32.0 Å². The molecule has 0 aliphatic heterocycles. The second-order valence-corrected chi connectivity index (χ2v) is 5.00. The maximum absolute atomic E-state index is 13.6. The van der Waals surface area contributed by atoms with E-state index in [2.05, 4.69) is 34.7 Å². The fourth-order valence-corrected chi connectivity index (χ4v) is 1.98. The Hall–Kier alpha value is -0.450. The first-order valence-electron chi connectivity index (χ1n) is 5.42. The summed E-state index contributed by atoms with van der Waals surface area (Å²) in [6.45, 7) is 6.15. The van der Waals surface area contributed by atoms with Crippen LogP contribution < -0.4 is 5.73 Å². The fourth-order valence-electron chi connectivity index (χ4n) is 1.57. The minimum Gasteiger partial charge on any atom is -0.329 e. The van der Waals surface area contributed by atoms with E-state index in [1.165, 1.54) is 6.07 Å². The minimum atomic E-state index is -0.161. The molecule has 0 aliphatic carbocycles. The third kappa shape index (κ3) is 3.85. The maximum atomic E-state index is 13.6. The van der Waals surface area contributed by atoms with Crippen LogP contribution in [0.5, 0.6) is 0 Å². The summed E-state index contributed by atoms with van der Waals surface area (Å²) in [7, 11) is 0. The van der Waals surface area contributed by atoms with Crippen LogP contribution in [0.2, 0.25) is 0 Å².